The van der Waals surface area contributed by atoms with Gasteiger partial charge in [0.2, 0.25) is 0 Å². The summed E-state index contributed by atoms with van der Waals surface area (Å²) >= 11 is 0. The molecule has 0 radical (unpaired) electrons. The number of hydrogen-bond donors (Lipinski definition) is 1. The molecule has 120 valence electrons. The second-order valence-corrected chi connectivity index (χ2v) is 5.42. The van der Waals surface area contributed by atoms with Gasteiger partial charge in [-0.05, 0) is 44.0 Å². The average Bonchev–Trinajstić information content (AvgIpc) is 2.54. The fourth-order valence-corrected chi connectivity index (χ4v) is 2.79. The van der Waals surface area contributed by atoms with E-state index in [0.717, 1.165) is 30.7 Å². The van der Waals surface area contributed by atoms with Crippen LogP contribution in [0.1, 0.15) is 32.6 Å². The number of methoxy groups -OCH3 is 1. The SMILES string of the molecule is CCOC(=O)[C@@H](Nc1ccc(OC)cc1)[C@@H]1CCCCC1=O. The minimum absolute atomic E-state index is 0.144. The number of carbonyl (C=O) groups is 2. The van der Waals surface area contributed by atoms with Crippen LogP contribution in [0.2, 0.25) is 0 Å². The van der Waals surface area contributed by atoms with E-state index in [0.29, 0.717) is 13.0 Å². The van der Waals surface area contributed by atoms with Crippen molar-refractivity contribution in [2.75, 3.05) is 19.0 Å². The molecule has 22 heavy (non-hydrogen) atoms. The first kappa shape index (κ1) is 16.3. The van der Waals surface area contributed by atoms with Crippen molar-refractivity contribution in [1.29, 1.82) is 0 Å². The lowest BCUT2D eigenvalue weighted by Crippen LogP contribution is -2.43. The van der Waals surface area contributed by atoms with Gasteiger partial charge in [-0.2, -0.15) is 0 Å². The molecule has 1 aromatic carbocycles. The Kier molecular flexibility index (Phi) is 5.81. The molecule has 1 aliphatic carbocycles. The molecule has 1 N–H and O–H groups in total. The molecule has 0 aromatic heterocycles. The summed E-state index contributed by atoms with van der Waals surface area (Å²) in [6.45, 7) is 2.07. The molecule has 5 heteroatoms. The molecule has 0 heterocycles. The largest absolute Gasteiger partial charge is 0.497 e. The van der Waals surface area contributed by atoms with Crippen molar-refractivity contribution in [3.63, 3.8) is 0 Å². The normalized spacial score (nSPS) is 19.4. The van der Waals surface area contributed by atoms with Gasteiger partial charge in [-0.15, -0.1) is 0 Å². The molecule has 0 aliphatic heterocycles. The maximum Gasteiger partial charge on any atom is 0.329 e. The fourth-order valence-electron chi connectivity index (χ4n) is 2.79. The third kappa shape index (κ3) is 4.00. The second kappa shape index (κ2) is 7.82. The van der Waals surface area contributed by atoms with Gasteiger partial charge in [0.25, 0.3) is 0 Å². The van der Waals surface area contributed by atoms with E-state index >= 15 is 0 Å². The van der Waals surface area contributed by atoms with Gasteiger partial charge < -0.3 is 14.8 Å². The van der Waals surface area contributed by atoms with E-state index < -0.39 is 6.04 Å². The number of rotatable bonds is 6. The summed E-state index contributed by atoms with van der Waals surface area (Å²) in [6.07, 6.45) is 3.15. The number of hydrogen-bond acceptors (Lipinski definition) is 5. The van der Waals surface area contributed by atoms with Gasteiger partial charge in [0.05, 0.1) is 13.7 Å². The van der Waals surface area contributed by atoms with E-state index in [9.17, 15) is 9.59 Å². The van der Waals surface area contributed by atoms with Crippen molar-refractivity contribution in [1.82, 2.24) is 0 Å². The van der Waals surface area contributed by atoms with Crippen LogP contribution >= 0.6 is 0 Å². The van der Waals surface area contributed by atoms with E-state index in [1.807, 2.05) is 24.3 Å². The average molecular weight is 305 g/mol. The summed E-state index contributed by atoms with van der Waals surface area (Å²) in [5.74, 6) is 0.214. The zero-order valence-electron chi connectivity index (χ0n) is 13.1. The minimum atomic E-state index is -0.624. The van der Waals surface area contributed by atoms with Crippen molar-refractivity contribution >= 4 is 17.4 Å². The van der Waals surface area contributed by atoms with Crippen LogP contribution in [0.3, 0.4) is 0 Å². The first-order valence-corrected chi connectivity index (χ1v) is 7.75. The Morgan fingerprint density at radius 3 is 2.64 bits per heavy atom. The van der Waals surface area contributed by atoms with Crippen molar-refractivity contribution < 1.29 is 19.1 Å². The number of carbonyl (C=O) groups excluding carboxylic acids is 2. The molecule has 1 saturated carbocycles. The third-order valence-corrected chi connectivity index (χ3v) is 3.96. The monoisotopic (exact) mass is 305 g/mol. The van der Waals surface area contributed by atoms with Gasteiger partial charge in [-0.25, -0.2) is 4.79 Å². The Labute approximate surface area is 131 Å². The highest BCUT2D eigenvalue weighted by Crippen LogP contribution is 2.27. The highest BCUT2D eigenvalue weighted by Gasteiger charge is 2.35. The number of nitrogens with one attached hydrogen (secondary N) is 1. The summed E-state index contributed by atoms with van der Waals surface area (Å²) in [7, 11) is 1.60. The van der Waals surface area contributed by atoms with Gasteiger partial charge >= 0.3 is 5.97 Å². The number of ether oxygens (including phenoxy) is 2. The zero-order chi connectivity index (χ0) is 15.9. The van der Waals surface area contributed by atoms with Crippen LogP contribution in [-0.2, 0) is 14.3 Å². The van der Waals surface area contributed by atoms with E-state index in [4.69, 9.17) is 9.47 Å². The molecule has 0 spiro atoms. The lowest BCUT2D eigenvalue weighted by atomic mass is 9.82. The summed E-state index contributed by atoms with van der Waals surface area (Å²) in [4.78, 5) is 24.4. The van der Waals surface area contributed by atoms with Crippen LogP contribution in [-0.4, -0.2) is 31.5 Å². The minimum Gasteiger partial charge on any atom is -0.497 e. The van der Waals surface area contributed by atoms with Crippen LogP contribution in [0.4, 0.5) is 5.69 Å². The molecule has 1 fully saturated rings. The van der Waals surface area contributed by atoms with Gasteiger partial charge in [0.15, 0.2) is 0 Å². The number of benzene rings is 1. The number of Topliss-reactive ketones (excluding diaryl/α,β-unsaturated/α-hetero) is 1. The lowest BCUT2D eigenvalue weighted by Gasteiger charge is -2.29. The molecule has 1 aromatic rings. The predicted octanol–water partition coefficient (Wildman–Crippen LogP) is 2.80. The zero-order valence-corrected chi connectivity index (χ0v) is 13.1. The summed E-state index contributed by atoms with van der Waals surface area (Å²) in [6, 6.07) is 6.66. The third-order valence-electron chi connectivity index (χ3n) is 3.96. The molecule has 2 rings (SSSR count). The van der Waals surface area contributed by atoms with Crippen molar-refractivity contribution in [2.45, 2.75) is 38.6 Å². The first-order chi connectivity index (χ1) is 10.7. The van der Waals surface area contributed by atoms with Crippen LogP contribution in [0.25, 0.3) is 0 Å². The fraction of sp³-hybridized carbons (Fsp3) is 0.529. The van der Waals surface area contributed by atoms with Gasteiger partial charge in [-0.3, -0.25) is 4.79 Å². The molecular formula is C17H23NO4. The molecule has 2 atom stereocenters. The van der Waals surface area contributed by atoms with Gasteiger partial charge in [0, 0.05) is 18.0 Å². The summed E-state index contributed by atoms with van der Waals surface area (Å²) in [5, 5.41) is 3.16. The molecule has 0 amide bonds. The Hall–Kier alpha value is -2.04. The highest BCUT2D eigenvalue weighted by molar-refractivity contribution is 5.91. The number of esters is 1. The van der Waals surface area contributed by atoms with Crippen molar-refractivity contribution in [2.24, 2.45) is 5.92 Å². The molecule has 1 aliphatic rings. The van der Waals surface area contributed by atoms with Crippen LogP contribution in [0.5, 0.6) is 5.75 Å². The van der Waals surface area contributed by atoms with Crippen LogP contribution < -0.4 is 10.1 Å². The summed E-state index contributed by atoms with van der Waals surface area (Å²) in [5.41, 5.74) is 0.775. The van der Waals surface area contributed by atoms with Crippen molar-refractivity contribution in [3.8, 4) is 5.75 Å². The van der Waals surface area contributed by atoms with E-state index in [2.05, 4.69) is 5.32 Å². The highest BCUT2D eigenvalue weighted by atomic mass is 16.5. The smallest absolute Gasteiger partial charge is 0.329 e. The maximum absolute atomic E-state index is 12.3. The second-order valence-electron chi connectivity index (χ2n) is 5.42. The molecule has 0 unspecified atom stereocenters. The Morgan fingerprint density at radius 1 is 1.32 bits per heavy atom. The Balaban J connectivity index is 2.15. The molecule has 5 nitrogen and oxygen atoms in total. The Morgan fingerprint density at radius 2 is 2.05 bits per heavy atom. The van der Waals surface area contributed by atoms with Crippen molar-refractivity contribution in [3.05, 3.63) is 24.3 Å². The Bertz CT molecular complexity index is 512. The van der Waals surface area contributed by atoms with E-state index in [1.165, 1.54) is 0 Å². The quantitative estimate of drug-likeness (QED) is 0.819. The van der Waals surface area contributed by atoms with Crippen LogP contribution in [0, 0.1) is 5.92 Å². The molecular weight excluding hydrogens is 282 g/mol. The summed E-state index contributed by atoms with van der Waals surface area (Å²) < 4.78 is 10.3. The van der Waals surface area contributed by atoms with E-state index in [1.54, 1.807) is 14.0 Å². The maximum atomic E-state index is 12.3. The van der Waals surface area contributed by atoms with E-state index in [-0.39, 0.29) is 17.7 Å². The molecule has 0 bridgehead atoms. The lowest BCUT2D eigenvalue weighted by molar-refractivity contribution is -0.147. The van der Waals surface area contributed by atoms with Gasteiger partial charge in [0.1, 0.15) is 17.6 Å². The number of anilines is 1. The first-order valence-electron chi connectivity index (χ1n) is 7.75. The number of ketones is 1. The standard InChI is InChI=1S/C17H23NO4/c1-3-22-17(20)16(14-6-4-5-7-15(14)19)18-12-8-10-13(21-2)11-9-12/h8-11,14,16,18H,3-7H2,1-2H3/t14-,16+/m1/s1. The predicted molar refractivity (Wildman–Crippen MR) is 84.0 cm³/mol. The van der Waals surface area contributed by atoms with Crippen LogP contribution in [0.15, 0.2) is 24.3 Å². The van der Waals surface area contributed by atoms with Gasteiger partial charge in [-0.1, -0.05) is 6.42 Å². The molecule has 0 saturated heterocycles. The topological polar surface area (TPSA) is 64.6 Å².